The van der Waals surface area contributed by atoms with Gasteiger partial charge in [-0.2, -0.15) is 5.26 Å². The van der Waals surface area contributed by atoms with Crippen LogP contribution in [0, 0.1) is 11.3 Å². The van der Waals surface area contributed by atoms with Gasteiger partial charge in [0.25, 0.3) is 5.91 Å². The predicted octanol–water partition coefficient (Wildman–Crippen LogP) is 2.97. The summed E-state index contributed by atoms with van der Waals surface area (Å²) >= 11 is 0. The number of benzene rings is 2. The largest absolute Gasteiger partial charge is 0.455 e. The molecule has 2 aromatic carbocycles. The van der Waals surface area contributed by atoms with E-state index >= 15 is 0 Å². The second-order valence-corrected chi connectivity index (χ2v) is 4.97. The van der Waals surface area contributed by atoms with Crippen LogP contribution in [-0.2, 0) is 0 Å². The zero-order valence-electron chi connectivity index (χ0n) is 13.2. The van der Waals surface area contributed by atoms with Crippen LogP contribution in [0.4, 0.5) is 0 Å². The van der Waals surface area contributed by atoms with E-state index in [9.17, 15) is 4.79 Å². The zero-order chi connectivity index (χ0) is 17.4. The number of hydrogen-bond donors (Lipinski definition) is 1. The highest BCUT2D eigenvalue weighted by Crippen LogP contribution is 2.28. The fourth-order valence-electron chi connectivity index (χ4n) is 2.22. The number of amides is 1. The summed E-state index contributed by atoms with van der Waals surface area (Å²) in [6, 6.07) is 15.7. The smallest absolute Gasteiger partial charge is 0.258 e. The van der Waals surface area contributed by atoms with Crippen molar-refractivity contribution in [2.45, 2.75) is 0 Å². The third kappa shape index (κ3) is 4.00. The van der Waals surface area contributed by atoms with Crippen molar-refractivity contribution in [1.82, 2.24) is 4.90 Å². The molecule has 0 heterocycles. The number of para-hydroxylation sites is 2. The summed E-state index contributed by atoms with van der Waals surface area (Å²) in [4.78, 5) is 14.2. The van der Waals surface area contributed by atoms with Gasteiger partial charge in [0, 0.05) is 13.1 Å². The van der Waals surface area contributed by atoms with Crippen LogP contribution in [-0.4, -0.2) is 35.6 Å². The monoisotopic (exact) mass is 322 g/mol. The van der Waals surface area contributed by atoms with Crippen LogP contribution in [0.1, 0.15) is 15.9 Å². The van der Waals surface area contributed by atoms with Crippen molar-refractivity contribution >= 4 is 5.91 Å². The number of hydrogen-bond acceptors (Lipinski definition) is 4. The Labute approximate surface area is 141 Å². The van der Waals surface area contributed by atoms with Crippen molar-refractivity contribution in [3.8, 4) is 17.6 Å². The summed E-state index contributed by atoms with van der Waals surface area (Å²) < 4.78 is 5.80. The molecule has 0 unspecified atom stereocenters. The van der Waals surface area contributed by atoms with E-state index in [1.54, 1.807) is 54.6 Å². The van der Waals surface area contributed by atoms with Crippen LogP contribution >= 0.6 is 0 Å². The van der Waals surface area contributed by atoms with Gasteiger partial charge >= 0.3 is 0 Å². The van der Waals surface area contributed by atoms with E-state index < -0.39 is 0 Å². The molecule has 24 heavy (non-hydrogen) atoms. The van der Waals surface area contributed by atoms with Crippen LogP contribution in [0.2, 0.25) is 0 Å². The van der Waals surface area contributed by atoms with Gasteiger partial charge in [-0.05, 0) is 24.3 Å². The lowest BCUT2D eigenvalue weighted by Gasteiger charge is -2.21. The predicted molar refractivity (Wildman–Crippen MR) is 90.9 cm³/mol. The lowest BCUT2D eigenvalue weighted by atomic mass is 10.1. The van der Waals surface area contributed by atoms with Crippen molar-refractivity contribution in [1.29, 1.82) is 5.26 Å². The number of nitriles is 1. The second kappa shape index (κ2) is 8.51. The minimum Gasteiger partial charge on any atom is -0.455 e. The first-order valence-electron chi connectivity index (χ1n) is 7.48. The van der Waals surface area contributed by atoms with Crippen molar-refractivity contribution < 1.29 is 14.6 Å². The molecule has 2 aromatic rings. The molecule has 122 valence electrons. The van der Waals surface area contributed by atoms with E-state index in [4.69, 9.17) is 15.1 Å². The maximum Gasteiger partial charge on any atom is 0.258 e. The van der Waals surface area contributed by atoms with Gasteiger partial charge in [-0.3, -0.25) is 4.79 Å². The van der Waals surface area contributed by atoms with E-state index in [1.165, 1.54) is 4.90 Å². The quantitative estimate of drug-likeness (QED) is 0.795. The lowest BCUT2D eigenvalue weighted by molar-refractivity contribution is 0.0740. The van der Waals surface area contributed by atoms with E-state index in [0.717, 1.165) is 0 Å². The molecule has 0 aliphatic heterocycles. The van der Waals surface area contributed by atoms with Gasteiger partial charge in [0.2, 0.25) is 0 Å². The summed E-state index contributed by atoms with van der Waals surface area (Å²) in [7, 11) is 0. The first kappa shape index (κ1) is 17.3. The molecule has 0 spiro atoms. The maximum absolute atomic E-state index is 12.7. The Morgan fingerprint density at radius 1 is 1.21 bits per heavy atom. The molecular formula is C19H18N2O3. The summed E-state index contributed by atoms with van der Waals surface area (Å²) in [6.07, 6.45) is 1.60. The Hall–Kier alpha value is -3.10. The van der Waals surface area contributed by atoms with Gasteiger partial charge in [0.1, 0.15) is 17.6 Å². The van der Waals surface area contributed by atoms with Gasteiger partial charge < -0.3 is 14.7 Å². The van der Waals surface area contributed by atoms with Gasteiger partial charge in [0.15, 0.2) is 0 Å². The highest BCUT2D eigenvalue weighted by atomic mass is 16.5. The number of ether oxygens (including phenoxy) is 1. The molecule has 1 N–H and O–H groups in total. The van der Waals surface area contributed by atoms with Gasteiger partial charge in [-0.15, -0.1) is 6.58 Å². The van der Waals surface area contributed by atoms with Crippen molar-refractivity contribution in [3.63, 3.8) is 0 Å². The Balaban J connectivity index is 2.35. The molecule has 0 saturated heterocycles. The highest BCUT2D eigenvalue weighted by molar-refractivity contribution is 5.97. The van der Waals surface area contributed by atoms with Gasteiger partial charge in [-0.1, -0.05) is 30.3 Å². The van der Waals surface area contributed by atoms with Gasteiger partial charge in [0.05, 0.1) is 17.7 Å². The second-order valence-electron chi connectivity index (χ2n) is 4.97. The van der Waals surface area contributed by atoms with Crippen molar-refractivity contribution in [2.75, 3.05) is 19.7 Å². The van der Waals surface area contributed by atoms with E-state index in [2.05, 4.69) is 12.6 Å². The zero-order valence-corrected chi connectivity index (χ0v) is 13.2. The number of aliphatic hydroxyl groups excluding tert-OH is 1. The average molecular weight is 322 g/mol. The molecule has 1 amide bonds. The third-order valence-corrected chi connectivity index (χ3v) is 3.35. The van der Waals surface area contributed by atoms with Crippen LogP contribution in [0.5, 0.6) is 11.5 Å². The molecule has 0 aromatic heterocycles. The molecule has 0 atom stereocenters. The highest BCUT2D eigenvalue weighted by Gasteiger charge is 2.19. The Morgan fingerprint density at radius 2 is 1.88 bits per heavy atom. The summed E-state index contributed by atoms with van der Waals surface area (Å²) in [5, 5.41) is 18.3. The van der Waals surface area contributed by atoms with E-state index in [1.807, 2.05) is 0 Å². The van der Waals surface area contributed by atoms with Crippen molar-refractivity contribution in [2.24, 2.45) is 0 Å². The van der Waals surface area contributed by atoms with E-state index in [-0.39, 0.29) is 19.1 Å². The maximum atomic E-state index is 12.7. The number of aliphatic hydroxyl groups is 1. The topological polar surface area (TPSA) is 73.6 Å². The standard InChI is InChI=1S/C19H18N2O3/c1-2-11-21(12-13-22)19(23)16-8-4-6-10-18(16)24-17-9-5-3-7-15(17)14-20/h2-10,22H,1,11-13H2. The third-order valence-electron chi connectivity index (χ3n) is 3.35. The molecule has 0 saturated carbocycles. The average Bonchev–Trinajstić information content (AvgIpc) is 2.62. The normalized spacial score (nSPS) is 9.83. The molecule has 2 rings (SSSR count). The van der Waals surface area contributed by atoms with E-state index in [0.29, 0.717) is 29.2 Å². The fourth-order valence-corrected chi connectivity index (χ4v) is 2.22. The van der Waals surface area contributed by atoms with Crippen LogP contribution in [0.15, 0.2) is 61.2 Å². The Bertz CT molecular complexity index is 765. The number of rotatable bonds is 7. The summed E-state index contributed by atoms with van der Waals surface area (Å²) in [5.41, 5.74) is 0.749. The first-order valence-corrected chi connectivity index (χ1v) is 7.48. The molecule has 5 heteroatoms. The lowest BCUT2D eigenvalue weighted by Crippen LogP contribution is -2.33. The first-order chi connectivity index (χ1) is 11.7. The number of carbonyl (C=O) groups excluding carboxylic acids is 1. The van der Waals surface area contributed by atoms with Crippen molar-refractivity contribution in [3.05, 3.63) is 72.3 Å². The fraction of sp³-hybridized carbons (Fsp3) is 0.158. The van der Waals surface area contributed by atoms with Crippen LogP contribution < -0.4 is 4.74 Å². The molecule has 5 nitrogen and oxygen atoms in total. The van der Waals surface area contributed by atoms with Crippen LogP contribution in [0.3, 0.4) is 0 Å². The number of nitrogens with zero attached hydrogens (tertiary/aromatic N) is 2. The Kier molecular flexibility index (Phi) is 6.12. The molecule has 0 radical (unpaired) electrons. The summed E-state index contributed by atoms with van der Waals surface area (Å²) in [6.45, 7) is 4.01. The molecule has 0 aliphatic carbocycles. The SMILES string of the molecule is C=CCN(CCO)C(=O)c1ccccc1Oc1ccccc1C#N. The summed E-state index contributed by atoms with van der Waals surface area (Å²) in [5.74, 6) is 0.476. The molecule has 0 fully saturated rings. The minimum absolute atomic E-state index is 0.139. The number of carbonyl (C=O) groups is 1. The molecule has 0 aliphatic rings. The van der Waals surface area contributed by atoms with Gasteiger partial charge in [-0.25, -0.2) is 0 Å². The molecular weight excluding hydrogens is 304 g/mol. The minimum atomic E-state index is -0.269. The van der Waals surface area contributed by atoms with Crippen LogP contribution in [0.25, 0.3) is 0 Å². The Morgan fingerprint density at radius 3 is 2.54 bits per heavy atom. The molecule has 0 bridgehead atoms.